The number of hydrogen-bond donors (Lipinski definition) is 1. The zero-order chi connectivity index (χ0) is 24.7. The maximum Gasteiger partial charge on any atom is 0.246 e. The molecule has 0 atom stereocenters. The van der Waals surface area contributed by atoms with Crippen molar-refractivity contribution in [2.45, 2.75) is 12.8 Å². The average Bonchev–Trinajstić information content (AvgIpc) is 3.40. The second kappa shape index (κ2) is 9.30. The standard InChI is InChI=1S/C25H24ClF2N5O2/c1-2-19(35)31-10-12-32(13-11-31)24-15-14-16(26)20(21-17(27)6-5-7-18(21)34)22(28)23(15)29-25(30-24)33-8-3-4-9-33/h2,5-7,14,34H,1,3-4,8-13H2. The number of benzene rings is 2. The molecule has 10 heteroatoms. The van der Waals surface area contributed by atoms with Crippen molar-refractivity contribution < 1.29 is 18.7 Å². The number of carbonyl (C=O) groups is 1. The number of halogens is 3. The van der Waals surface area contributed by atoms with Crippen molar-refractivity contribution in [1.82, 2.24) is 14.9 Å². The van der Waals surface area contributed by atoms with Gasteiger partial charge in [-0.3, -0.25) is 4.79 Å². The fraction of sp³-hybridized carbons (Fsp3) is 0.320. The van der Waals surface area contributed by atoms with Crippen molar-refractivity contribution in [3.05, 3.63) is 53.6 Å². The summed E-state index contributed by atoms with van der Waals surface area (Å²) in [6.07, 6.45) is 3.25. The van der Waals surface area contributed by atoms with E-state index in [1.165, 1.54) is 24.3 Å². The van der Waals surface area contributed by atoms with Gasteiger partial charge in [-0.15, -0.1) is 0 Å². The summed E-state index contributed by atoms with van der Waals surface area (Å²) in [5, 5.41) is 10.6. The molecule has 5 rings (SSSR count). The van der Waals surface area contributed by atoms with Gasteiger partial charge in [0.05, 0.1) is 10.6 Å². The van der Waals surface area contributed by atoms with Crippen molar-refractivity contribution in [1.29, 1.82) is 0 Å². The van der Waals surface area contributed by atoms with Crippen LogP contribution in [0, 0.1) is 11.6 Å². The molecule has 182 valence electrons. The molecule has 2 aliphatic heterocycles. The lowest BCUT2D eigenvalue weighted by atomic mass is 10.0. The summed E-state index contributed by atoms with van der Waals surface area (Å²) in [5.74, 6) is -1.27. The van der Waals surface area contributed by atoms with E-state index in [9.17, 15) is 14.3 Å². The van der Waals surface area contributed by atoms with Crippen molar-refractivity contribution in [3.8, 4) is 16.9 Å². The third-order valence-corrected chi connectivity index (χ3v) is 6.85. The molecule has 0 aliphatic carbocycles. The van der Waals surface area contributed by atoms with Gasteiger partial charge in [-0.2, -0.15) is 4.98 Å². The molecule has 3 heterocycles. The van der Waals surface area contributed by atoms with Gasteiger partial charge in [-0.25, -0.2) is 13.8 Å². The Hall–Kier alpha value is -3.46. The second-order valence-electron chi connectivity index (χ2n) is 8.64. The molecule has 7 nitrogen and oxygen atoms in total. The van der Waals surface area contributed by atoms with E-state index < -0.39 is 17.4 Å². The van der Waals surface area contributed by atoms with Crippen LogP contribution in [0.2, 0.25) is 5.02 Å². The summed E-state index contributed by atoms with van der Waals surface area (Å²) in [5.41, 5.74) is -0.548. The molecule has 1 amide bonds. The lowest BCUT2D eigenvalue weighted by molar-refractivity contribution is -0.126. The molecule has 2 aromatic carbocycles. The minimum absolute atomic E-state index is 0.00329. The molecule has 2 fully saturated rings. The van der Waals surface area contributed by atoms with Crippen molar-refractivity contribution in [2.75, 3.05) is 49.1 Å². The number of phenolic OH excluding ortho intramolecular Hbond substituents is 1. The number of phenols is 1. The lowest BCUT2D eigenvalue weighted by Crippen LogP contribution is -2.48. The first-order valence-electron chi connectivity index (χ1n) is 11.5. The number of fused-ring (bicyclic) bond motifs is 1. The van der Waals surface area contributed by atoms with E-state index in [1.54, 1.807) is 4.90 Å². The highest BCUT2D eigenvalue weighted by Gasteiger charge is 2.28. The summed E-state index contributed by atoms with van der Waals surface area (Å²) in [4.78, 5) is 27.0. The van der Waals surface area contributed by atoms with Crippen LogP contribution in [-0.4, -0.2) is 65.2 Å². The van der Waals surface area contributed by atoms with Crippen molar-refractivity contribution in [2.24, 2.45) is 0 Å². The van der Waals surface area contributed by atoms with Gasteiger partial charge < -0.3 is 19.8 Å². The molecule has 3 aromatic rings. The van der Waals surface area contributed by atoms with Gasteiger partial charge in [-0.1, -0.05) is 24.2 Å². The van der Waals surface area contributed by atoms with E-state index in [4.69, 9.17) is 16.6 Å². The molecule has 1 aromatic heterocycles. The van der Waals surface area contributed by atoms with Crippen LogP contribution in [0.4, 0.5) is 20.5 Å². The fourth-order valence-corrected chi connectivity index (χ4v) is 5.01. The number of anilines is 2. The summed E-state index contributed by atoms with van der Waals surface area (Å²) < 4.78 is 30.7. The van der Waals surface area contributed by atoms with Crippen LogP contribution in [0.5, 0.6) is 5.75 Å². The number of nitrogens with zero attached hydrogens (tertiary/aromatic N) is 5. The van der Waals surface area contributed by atoms with Gasteiger partial charge in [0.15, 0.2) is 5.82 Å². The van der Waals surface area contributed by atoms with Gasteiger partial charge in [-0.05, 0) is 37.1 Å². The molecule has 0 unspecified atom stereocenters. The second-order valence-corrected chi connectivity index (χ2v) is 9.04. The van der Waals surface area contributed by atoms with E-state index in [0.717, 1.165) is 32.0 Å². The van der Waals surface area contributed by atoms with E-state index in [0.29, 0.717) is 43.3 Å². The van der Waals surface area contributed by atoms with Gasteiger partial charge >= 0.3 is 0 Å². The molecule has 0 radical (unpaired) electrons. The summed E-state index contributed by atoms with van der Waals surface area (Å²) in [6, 6.07) is 5.28. The monoisotopic (exact) mass is 499 g/mol. The molecule has 1 N–H and O–H groups in total. The normalized spacial score (nSPS) is 16.3. The minimum Gasteiger partial charge on any atom is -0.507 e. The Labute approximate surface area is 206 Å². The molecule has 0 saturated carbocycles. The van der Waals surface area contributed by atoms with Crippen molar-refractivity contribution in [3.63, 3.8) is 0 Å². The smallest absolute Gasteiger partial charge is 0.246 e. The van der Waals surface area contributed by atoms with Crippen LogP contribution < -0.4 is 9.80 Å². The summed E-state index contributed by atoms with van der Waals surface area (Å²) in [6.45, 7) is 6.95. The third kappa shape index (κ3) is 4.14. The molecular weight excluding hydrogens is 476 g/mol. The fourth-order valence-electron chi connectivity index (χ4n) is 4.73. The highest BCUT2D eigenvalue weighted by Crippen LogP contribution is 2.42. The number of aromatic nitrogens is 2. The Bertz CT molecular complexity index is 1300. The van der Waals surface area contributed by atoms with Crippen LogP contribution >= 0.6 is 11.6 Å². The highest BCUT2D eigenvalue weighted by atomic mass is 35.5. The predicted octanol–water partition coefficient (Wildman–Crippen LogP) is 4.37. The maximum absolute atomic E-state index is 16.1. The molecule has 0 bridgehead atoms. The topological polar surface area (TPSA) is 72.8 Å². The Morgan fingerprint density at radius 1 is 1.03 bits per heavy atom. The van der Waals surface area contributed by atoms with E-state index in [-0.39, 0.29) is 27.6 Å². The SMILES string of the molecule is C=CC(=O)N1CCN(c2nc(N3CCCC3)nc3c(F)c(-c4c(O)cccc4F)c(Cl)cc23)CC1. The predicted molar refractivity (Wildman–Crippen MR) is 132 cm³/mol. The molecule has 2 saturated heterocycles. The number of piperazine rings is 1. The quantitative estimate of drug-likeness (QED) is 0.537. The third-order valence-electron chi connectivity index (χ3n) is 6.55. The number of rotatable bonds is 4. The van der Waals surface area contributed by atoms with Crippen LogP contribution in [0.25, 0.3) is 22.0 Å². The van der Waals surface area contributed by atoms with Crippen LogP contribution in [0.1, 0.15) is 12.8 Å². The molecular formula is C25H24ClF2N5O2. The first-order chi connectivity index (χ1) is 16.9. The van der Waals surface area contributed by atoms with E-state index in [2.05, 4.69) is 11.6 Å². The molecule has 35 heavy (non-hydrogen) atoms. The van der Waals surface area contributed by atoms with Crippen molar-refractivity contribution >= 4 is 40.2 Å². The molecule has 0 spiro atoms. The highest BCUT2D eigenvalue weighted by molar-refractivity contribution is 6.34. The Morgan fingerprint density at radius 3 is 2.40 bits per heavy atom. The maximum atomic E-state index is 16.1. The molecule has 2 aliphatic rings. The van der Waals surface area contributed by atoms with Crippen LogP contribution in [-0.2, 0) is 4.79 Å². The zero-order valence-electron chi connectivity index (χ0n) is 19.0. The van der Waals surface area contributed by atoms with Gasteiger partial charge in [0.2, 0.25) is 11.9 Å². The van der Waals surface area contributed by atoms with E-state index >= 15 is 4.39 Å². The number of amides is 1. The van der Waals surface area contributed by atoms with Gasteiger partial charge in [0.25, 0.3) is 0 Å². The Balaban J connectivity index is 1.67. The van der Waals surface area contributed by atoms with E-state index in [1.807, 2.05) is 9.80 Å². The first-order valence-corrected chi connectivity index (χ1v) is 11.9. The Morgan fingerprint density at radius 2 is 1.74 bits per heavy atom. The lowest BCUT2D eigenvalue weighted by Gasteiger charge is -2.35. The van der Waals surface area contributed by atoms with Crippen LogP contribution in [0.15, 0.2) is 36.9 Å². The minimum atomic E-state index is -0.822. The number of carbonyl (C=O) groups excluding carboxylic acids is 1. The zero-order valence-corrected chi connectivity index (χ0v) is 19.7. The summed E-state index contributed by atoms with van der Waals surface area (Å²) in [7, 11) is 0. The summed E-state index contributed by atoms with van der Waals surface area (Å²) >= 11 is 6.48. The van der Waals surface area contributed by atoms with Gasteiger partial charge in [0, 0.05) is 50.2 Å². The average molecular weight is 500 g/mol. The van der Waals surface area contributed by atoms with Gasteiger partial charge in [0.1, 0.15) is 22.9 Å². The Kier molecular flexibility index (Phi) is 6.19. The number of hydrogen-bond acceptors (Lipinski definition) is 6. The number of aromatic hydroxyl groups is 1. The van der Waals surface area contributed by atoms with Crippen LogP contribution in [0.3, 0.4) is 0 Å². The first kappa shape index (κ1) is 23.3. The largest absolute Gasteiger partial charge is 0.507 e.